The van der Waals surface area contributed by atoms with Crippen molar-refractivity contribution in [1.82, 2.24) is 0 Å². The Morgan fingerprint density at radius 2 is 1.89 bits per heavy atom. The highest BCUT2D eigenvalue weighted by Crippen LogP contribution is 2.28. The number of hydrogen-bond acceptors (Lipinski definition) is 7. The number of benzene rings is 2. The van der Waals surface area contributed by atoms with E-state index < -0.39 is 5.97 Å². The van der Waals surface area contributed by atoms with Crippen molar-refractivity contribution in [2.45, 2.75) is 4.90 Å². The number of nitriles is 1. The van der Waals surface area contributed by atoms with Gasteiger partial charge in [0.25, 0.3) is 0 Å². The standard InChI is InChI=1S/C21H19NO5S/c1-25-20-13-15(3-9-19(20)26-12-11-22)4-10-21(24)27-14-18(23)16-5-7-17(28-2)8-6-16/h3-10,13H,12,14H2,1-2H3/b10-4+. The van der Waals surface area contributed by atoms with Crippen LogP contribution in [0.15, 0.2) is 53.4 Å². The molecule has 28 heavy (non-hydrogen) atoms. The summed E-state index contributed by atoms with van der Waals surface area (Å²) in [6.45, 7) is -0.419. The average Bonchev–Trinajstić information content (AvgIpc) is 2.74. The minimum absolute atomic E-state index is 0.0914. The van der Waals surface area contributed by atoms with E-state index in [0.29, 0.717) is 22.6 Å². The highest BCUT2D eigenvalue weighted by molar-refractivity contribution is 7.98. The second-order valence-electron chi connectivity index (χ2n) is 5.45. The van der Waals surface area contributed by atoms with Crippen LogP contribution in [-0.2, 0) is 9.53 Å². The van der Waals surface area contributed by atoms with Crippen LogP contribution in [0.2, 0.25) is 0 Å². The lowest BCUT2D eigenvalue weighted by Gasteiger charge is -2.08. The molecule has 2 aromatic rings. The maximum absolute atomic E-state index is 12.1. The Morgan fingerprint density at radius 3 is 2.54 bits per heavy atom. The maximum atomic E-state index is 12.1. The Bertz CT molecular complexity index is 900. The first-order valence-electron chi connectivity index (χ1n) is 8.27. The smallest absolute Gasteiger partial charge is 0.331 e. The van der Waals surface area contributed by atoms with Crippen molar-refractivity contribution in [1.29, 1.82) is 5.26 Å². The fourth-order valence-electron chi connectivity index (χ4n) is 2.23. The van der Waals surface area contributed by atoms with Crippen LogP contribution in [-0.4, -0.2) is 38.3 Å². The summed E-state index contributed by atoms with van der Waals surface area (Å²) in [5, 5.41) is 8.57. The Balaban J connectivity index is 1.92. The molecule has 0 unspecified atom stereocenters. The number of thioether (sulfide) groups is 1. The van der Waals surface area contributed by atoms with Crippen molar-refractivity contribution in [3.05, 3.63) is 59.7 Å². The third-order valence-corrected chi connectivity index (χ3v) is 4.39. The number of rotatable bonds is 9. The first kappa shape index (κ1) is 21.1. The molecule has 0 atom stereocenters. The monoisotopic (exact) mass is 397 g/mol. The summed E-state index contributed by atoms with van der Waals surface area (Å²) in [5.41, 5.74) is 1.17. The number of ketones is 1. The quantitative estimate of drug-likeness (QED) is 0.276. The Kier molecular flexibility index (Phi) is 8.12. The van der Waals surface area contributed by atoms with Gasteiger partial charge in [-0.2, -0.15) is 5.26 Å². The molecule has 7 heteroatoms. The van der Waals surface area contributed by atoms with Gasteiger partial charge in [0.05, 0.1) is 7.11 Å². The van der Waals surface area contributed by atoms with Crippen LogP contribution in [0.1, 0.15) is 15.9 Å². The maximum Gasteiger partial charge on any atom is 0.331 e. The number of esters is 1. The predicted molar refractivity (Wildman–Crippen MR) is 107 cm³/mol. The number of carbonyl (C=O) groups is 2. The molecule has 0 aliphatic rings. The molecule has 2 rings (SSSR count). The number of ether oxygens (including phenoxy) is 3. The molecule has 2 aromatic carbocycles. The molecule has 0 heterocycles. The largest absolute Gasteiger partial charge is 0.493 e. The van der Waals surface area contributed by atoms with E-state index in [1.807, 2.05) is 24.5 Å². The molecule has 0 N–H and O–H groups in total. The minimum atomic E-state index is -0.627. The number of Topliss-reactive ketones (excluding diaryl/α,β-unsaturated/α-hetero) is 1. The highest BCUT2D eigenvalue weighted by Gasteiger charge is 2.09. The molecule has 144 valence electrons. The summed E-state index contributed by atoms with van der Waals surface area (Å²) in [7, 11) is 1.48. The van der Waals surface area contributed by atoms with Gasteiger partial charge < -0.3 is 14.2 Å². The lowest BCUT2D eigenvalue weighted by Crippen LogP contribution is -2.12. The van der Waals surface area contributed by atoms with E-state index in [0.717, 1.165) is 4.90 Å². The van der Waals surface area contributed by atoms with Crippen LogP contribution in [0.25, 0.3) is 6.08 Å². The van der Waals surface area contributed by atoms with Gasteiger partial charge in [0.1, 0.15) is 6.07 Å². The number of hydrogen-bond donors (Lipinski definition) is 0. The zero-order valence-electron chi connectivity index (χ0n) is 15.5. The second-order valence-corrected chi connectivity index (χ2v) is 6.33. The fourth-order valence-corrected chi connectivity index (χ4v) is 2.63. The molecule has 0 fully saturated rings. The van der Waals surface area contributed by atoms with Crippen LogP contribution in [0.3, 0.4) is 0 Å². The van der Waals surface area contributed by atoms with Crippen molar-refractivity contribution in [2.24, 2.45) is 0 Å². The Labute approximate surface area is 167 Å². The van der Waals surface area contributed by atoms with E-state index in [-0.39, 0.29) is 19.0 Å². The molecule has 0 bridgehead atoms. The summed E-state index contributed by atoms with van der Waals surface area (Å²) in [6.07, 6.45) is 4.72. The molecule has 0 aliphatic heterocycles. The van der Waals surface area contributed by atoms with Gasteiger partial charge in [0, 0.05) is 16.5 Å². The third kappa shape index (κ3) is 6.18. The summed E-state index contributed by atoms with van der Waals surface area (Å²) in [5.74, 6) is -0.0237. The van der Waals surface area contributed by atoms with Gasteiger partial charge in [-0.25, -0.2) is 4.79 Å². The SMILES string of the molecule is COc1cc(/C=C/C(=O)OCC(=O)c2ccc(SC)cc2)ccc1OCC#N. The van der Waals surface area contributed by atoms with Crippen molar-refractivity contribution in [2.75, 3.05) is 26.6 Å². The van der Waals surface area contributed by atoms with E-state index in [2.05, 4.69) is 0 Å². The molecule has 0 aliphatic carbocycles. The van der Waals surface area contributed by atoms with E-state index in [1.165, 1.54) is 19.3 Å². The molecule has 6 nitrogen and oxygen atoms in total. The molecule has 0 radical (unpaired) electrons. The zero-order valence-corrected chi connectivity index (χ0v) is 16.3. The fraction of sp³-hybridized carbons (Fsp3) is 0.190. The van der Waals surface area contributed by atoms with Crippen LogP contribution in [0, 0.1) is 11.3 Å². The van der Waals surface area contributed by atoms with Crippen LogP contribution >= 0.6 is 11.8 Å². The second kappa shape index (κ2) is 10.8. The molecule has 0 amide bonds. The third-order valence-electron chi connectivity index (χ3n) is 3.65. The molecule has 0 spiro atoms. The zero-order chi connectivity index (χ0) is 20.4. The van der Waals surface area contributed by atoms with Gasteiger partial charge in [0.15, 0.2) is 30.5 Å². The van der Waals surface area contributed by atoms with Crippen molar-refractivity contribution in [3.63, 3.8) is 0 Å². The van der Waals surface area contributed by atoms with Crippen molar-refractivity contribution < 1.29 is 23.8 Å². The first-order valence-corrected chi connectivity index (χ1v) is 9.49. The topological polar surface area (TPSA) is 85.6 Å². The van der Waals surface area contributed by atoms with E-state index in [1.54, 1.807) is 42.1 Å². The van der Waals surface area contributed by atoms with Crippen molar-refractivity contribution in [3.8, 4) is 17.6 Å². The van der Waals surface area contributed by atoms with Crippen LogP contribution in [0.4, 0.5) is 0 Å². The highest BCUT2D eigenvalue weighted by atomic mass is 32.2. The molecule has 0 saturated carbocycles. The number of nitrogens with zero attached hydrogens (tertiary/aromatic N) is 1. The number of methoxy groups -OCH3 is 1. The average molecular weight is 397 g/mol. The van der Waals surface area contributed by atoms with Gasteiger partial charge in [-0.05, 0) is 42.2 Å². The molecule has 0 aromatic heterocycles. The summed E-state index contributed by atoms with van der Waals surface area (Å²) < 4.78 is 15.4. The van der Waals surface area contributed by atoms with Crippen molar-refractivity contribution >= 4 is 29.6 Å². The number of carbonyl (C=O) groups excluding carboxylic acids is 2. The predicted octanol–water partition coefficient (Wildman–Crippen LogP) is 3.76. The Morgan fingerprint density at radius 1 is 1.14 bits per heavy atom. The lowest BCUT2D eigenvalue weighted by atomic mass is 10.1. The normalized spacial score (nSPS) is 10.3. The summed E-state index contributed by atoms with van der Waals surface area (Å²) in [6, 6.07) is 14.0. The molecule has 0 saturated heterocycles. The molecular weight excluding hydrogens is 378 g/mol. The van der Waals surface area contributed by atoms with Gasteiger partial charge in [-0.15, -0.1) is 11.8 Å². The Hall–Kier alpha value is -3.24. The van der Waals surface area contributed by atoms with Gasteiger partial charge >= 0.3 is 5.97 Å². The minimum Gasteiger partial charge on any atom is -0.493 e. The van der Waals surface area contributed by atoms with E-state index >= 15 is 0 Å². The van der Waals surface area contributed by atoms with Gasteiger partial charge in [0.2, 0.25) is 0 Å². The summed E-state index contributed by atoms with van der Waals surface area (Å²) >= 11 is 1.58. The van der Waals surface area contributed by atoms with Crippen LogP contribution < -0.4 is 9.47 Å². The van der Waals surface area contributed by atoms with E-state index in [9.17, 15) is 9.59 Å². The first-order chi connectivity index (χ1) is 13.6. The molecular formula is C21H19NO5S. The summed E-state index contributed by atoms with van der Waals surface area (Å²) in [4.78, 5) is 25.0. The van der Waals surface area contributed by atoms with Crippen LogP contribution in [0.5, 0.6) is 11.5 Å². The lowest BCUT2D eigenvalue weighted by molar-refractivity contribution is -0.136. The van der Waals surface area contributed by atoms with Gasteiger partial charge in [-0.3, -0.25) is 4.79 Å². The van der Waals surface area contributed by atoms with Gasteiger partial charge in [-0.1, -0.05) is 18.2 Å². The van der Waals surface area contributed by atoms with E-state index in [4.69, 9.17) is 19.5 Å².